The fraction of sp³-hybridized carbons (Fsp3) is 0.188. The molecular weight excluding hydrogens is 272 g/mol. The van der Waals surface area contributed by atoms with Crippen LogP contribution in [0, 0.1) is 0 Å². The molecule has 0 radical (unpaired) electrons. The van der Waals surface area contributed by atoms with Crippen molar-refractivity contribution in [1.29, 1.82) is 0 Å². The largest absolute Gasteiger partial charge is 0.508 e. The van der Waals surface area contributed by atoms with E-state index in [2.05, 4.69) is 0 Å². The zero-order chi connectivity index (χ0) is 15.6. The van der Waals surface area contributed by atoms with E-state index in [0.29, 0.717) is 12.0 Å². The number of para-hydroxylation sites is 1. The van der Waals surface area contributed by atoms with E-state index < -0.39 is 11.9 Å². The summed E-state index contributed by atoms with van der Waals surface area (Å²) >= 11 is 0. The standard InChI is InChI=1S/C16H16O5/c1-2-10(16(20)21)12-7-9(17)8-14(19)15(12)11-5-3-4-6-13(11)18/h3-8,10,17-19H,2H2,1H3,(H,20,21). The first-order chi connectivity index (χ1) is 9.95. The van der Waals surface area contributed by atoms with E-state index >= 15 is 0 Å². The van der Waals surface area contributed by atoms with Gasteiger partial charge in [-0.05, 0) is 24.1 Å². The average Bonchev–Trinajstić information content (AvgIpc) is 2.40. The third-order valence-electron chi connectivity index (χ3n) is 3.39. The summed E-state index contributed by atoms with van der Waals surface area (Å²) in [6, 6.07) is 8.77. The second kappa shape index (κ2) is 5.75. The topological polar surface area (TPSA) is 98.0 Å². The summed E-state index contributed by atoms with van der Waals surface area (Å²) in [6.45, 7) is 1.70. The molecule has 110 valence electrons. The molecule has 0 aliphatic carbocycles. The van der Waals surface area contributed by atoms with Gasteiger partial charge in [-0.1, -0.05) is 25.1 Å². The lowest BCUT2D eigenvalue weighted by Gasteiger charge is -2.18. The Kier molecular flexibility index (Phi) is 4.03. The van der Waals surface area contributed by atoms with E-state index in [4.69, 9.17) is 0 Å². The van der Waals surface area contributed by atoms with Crippen molar-refractivity contribution >= 4 is 5.97 Å². The molecule has 0 aliphatic heterocycles. The fourth-order valence-electron chi connectivity index (χ4n) is 2.41. The summed E-state index contributed by atoms with van der Waals surface area (Å²) < 4.78 is 0. The molecule has 4 N–H and O–H groups in total. The zero-order valence-electron chi connectivity index (χ0n) is 11.4. The minimum atomic E-state index is -1.06. The molecule has 0 saturated heterocycles. The van der Waals surface area contributed by atoms with Crippen LogP contribution in [0.4, 0.5) is 0 Å². The van der Waals surface area contributed by atoms with Gasteiger partial charge in [-0.25, -0.2) is 0 Å². The molecule has 0 bridgehead atoms. The van der Waals surface area contributed by atoms with Gasteiger partial charge in [0.15, 0.2) is 0 Å². The van der Waals surface area contributed by atoms with Crippen molar-refractivity contribution in [3.63, 3.8) is 0 Å². The van der Waals surface area contributed by atoms with Crippen LogP contribution in [0.3, 0.4) is 0 Å². The van der Waals surface area contributed by atoms with E-state index in [9.17, 15) is 25.2 Å². The minimum Gasteiger partial charge on any atom is -0.508 e. The highest BCUT2D eigenvalue weighted by Crippen LogP contribution is 2.43. The van der Waals surface area contributed by atoms with E-state index in [1.165, 1.54) is 12.1 Å². The number of carbonyl (C=O) groups is 1. The van der Waals surface area contributed by atoms with Crippen LogP contribution in [0.25, 0.3) is 11.1 Å². The Hall–Kier alpha value is -2.69. The molecule has 0 spiro atoms. The van der Waals surface area contributed by atoms with Gasteiger partial charge in [0, 0.05) is 17.2 Å². The van der Waals surface area contributed by atoms with E-state index in [0.717, 1.165) is 6.07 Å². The normalized spacial score (nSPS) is 12.0. The van der Waals surface area contributed by atoms with Crippen molar-refractivity contribution in [3.8, 4) is 28.4 Å². The van der Waals surface area contributed by atoms with Crippen molar-refractivity contribution in [2.45, 2.75) is 19.3 Å². The number of rotatable bonds is 4. The Labute approximate surface area is 121 Å². The molecule has 5 nitrogen and oxygen atoms in total. The summed E-state index contributed by atoms with van der Waals surface area (Å²) in [5.74, 6) is -2.51. The van der Waals surface area contributed by atoms with Gasteiger partial charge in [0.05, 0.1) is 5.92 Å². The lowest BCUT2D eigenvalue weighted by molar-refractivity contribution is -0.138. The van der Waals surface area contributed by atoms with Gasteiger partial charge < -0.3 is 20.4 Å². The molecule has 2 aromatic carbocycles. The Balaban J connectivity index is 2.76. The smallest absolute Gasteiger partial charge is 0.310 e. The van der Waals surface area contributed by atoms with Gasteiger partial charge in [0.1, 0.15) is 17.2 Å². The van der Waals surface area contributed by atoms with Crippen molar-refractivity contribution in [3.05, 3.63) is 42.0 Å². The first kappa shape index (κ1) is 14.7. The van der Waals surface area contributed by atoms with Crippen LogP contribution in [0.1, 0.15) is 24.8 Å². The monoisotopic (exact) mass is 288 g/mol. The van der Waals surface area contributed by atoms with E-state index in [1.54, 1.807) is 25.1 Å². The molecule has 0 heterocycles. The molecule has 0 fully saturated rings. The highest BCUT2D eigenvalue weighted by atomic mass is 16.4. The van der Waals surface area contributed by atoms with E-state index in [-0.39, 0.29) is 28.4 Å². The number of aliphatic carboxylic acids is 1. The van der Waals surface area contributed by atoms with Crippen molar-refractivity contribution in [1.82, 2.24) is 0 Å². The first-order valence-electron chi connectivity index (χ1n) is 6.52. The summed E-state index contributed by atoms with van der Waals surface area (Å²) in [5.41, 5.74) is 0.814. The highest BCUT2D eigenvalue weighted by molar-refractivity contribution is 5.86. The fourth-order valence-corrected chi connectivity index (χ4v) is 2.41. The number of phenolic OH excluding ortho intramolecular Hbond substituents is 3. The molecule has 0 saturated carbocycles. The SMILES string of the molecule is CCC(C(=O)O)c1cc(O)cc(O)c1-c1ccccc1O. The molecule has 2 aromatic rings. The average molecular weight is 288 g/mol. The predicted molar refractivity (Wildman–Crippen MR) is 77.5 cm³/mol. The number of benzene rings is 2. The quantitative estimate of drug-likeness (QED) is 0.693. The van der Waals surface area contributed by atoms with Crippen molar-refractivity contribution in [2.24, 2.45) is 0 Å². The number of hydrogen-bond donors (Lipinski definition) is 4. The molecule has 0 amide bonds. The lowest BCUT2D eigenvalue weighted by Crippen LogP contribution is -2.11. The maximum absolute atomic E-state index is 11.4. The maximum Gasteiger partial charge on any atom is 0.310 e. The van der Waals surface area contributed by atoms with Gasteiger partial charge >= 0.3 is 5.97 Å². The molecule has 0 aliphatic rings. The lowest BCUT2D eigenvalue weighted by atomic mass is 9.87. The zero-order valence-corrected chi connectivity index (χ0v) is 11.4. The second-order valence-electron chi connectivity index (χ2n) is 4.75. The van der Waals surface area contributed by atoms with Crippen molar-refractivity contribution < 1.29 is 25.2 Å². The van der Waals surface area contributed by atoms with Gasteiger partial charge in [-0.2, -0.15) is 0 Å². The molecule has 1 unspecified atom stereocenters. The van der Waals surface area contributed by atoms with Gasteiger partial charge in [-0.15, -0.1) is 0 Å². The molecule has 5 heteroatoms. The third-order valence-corrected chi connectivity index (χ3v) is 3.39. The Morgan fingerprint density at radius 1 is 1.10 bits per heavy atom. The van der Waals surface area contributed by atoms with E-state index in [1.807, 2.05) is 0 Å². The minimum absolute atomic E-state index is 0.0695. The Morgan fingerprint density at radius 2 is 1.76 bits per heavy atom. The highest BCUT2D eigenvalue weighted by Gasteiger charge is 2.25. The number of carboxylic acids is 1. The Bertz CT molecular complexity index is 678. The number of carboxylic acid groups (broad SMARTS) is 1. The van der Waals surface area contributed by atoms with Crippen molar-refractivity contribution in [2.75, 3.05) is 0 Å². The Morgan fingerprint density at radius 3 is 2.33 bits per heavy atom. The molecule has 21 heavy (non-hydrogen) atoms. The summed E-state index contributed by atoms with van der Waals surface area (Å²) in [7, 11) is 0. The van der Waals surface area contributed by atoms with Gasteiger partial charge in [-0.3, -0.25) is 4.79 Å². The summed E-state index contributed by atoms with van der Waals surface area (Å²) in [4.78, 5) is 11.4. The van der Waals surface area contributed by atoms with Crippen LogP contribution in [0.15, 0.2) is 36.4 Å². The van der Waals surface area contributed by atoms with Crippen LogP contribution in [0.5, 0.6) is 17.2 Å². The second-order valence-corrected chi connectivity index (χ2v) is 4.75. The van der Waals surface area contributed by atoms with Crippen LogP contribution in [-0.4, -0.2) is 26.4 Å². The molecule has 0 aromatic heterocycles. The van der Waals surface area contributed by atoms with Crippen LogP contribution >= 0.6 is 0 Å². The van der Waals surface area contributed by atoms with Crippen LogP contribution in [0.2, 0.25) is 0 Å². The predicted octanol–water partition coefficient (Wildman–Crippen LogP) is 3.05. The first-order valence-corrected chi connectivity index (χ1v) is 6.52. The molecular formula is C16H16O5. The van der Waals surface area contributed by atoms with Crippen LogP contribution in [-0.2, 0) is 4.79 Å². The number of aromatic hydroxyl groups is 3. The van der Waals surface area contributed by atoms with Crippen LogP contribution < -0.4 is 0 Å². The van der Waals surface area contributed by atoms with Gasteiger partial charge in [0.25, 0.3) is 0 Å². The molecule has 1 atom stereocenters. The molecule has 2 rings (SSSR count). The third kappa shape index (κ3) is 2.76. The summed E-state index contributed by atoms with van der Waals surface area (Å²) in [5, 5.41) is 39.0. The number of hydrogen-bond acceptors (Lipinski definition) is 4. The number of phenols is 3. The summed E-state index contributed by atoms with van der Waals surface area (Å²) in [6.07, 6.45) is 0.290. The van der Waals surface area contributed by atoms with Gasteiger partial charge in [0.2, 0.25) is 0 Å². The maximum atomic E-state index is 11.4.